The number of hydrogen-bond acceptors (Lipinski definition) is 6. The number of ether oxygens (including phenoxy) is 1. The number of aromatic nitrogens is 4. The molecule has 0 amide bonds. The third kappa shape index (κ3) is 5.20. The highest BCUT2D eigenvalue weighted by Crippen LogP contribution is 2.25. The van der Waals surface area contributed by atoms with Crippen molar-refractivity contribution in [3.63, 3.8) is 0 Å². The molecule has 1 heterocycles. The molecule has 0 spiro atoms. The van der Waals surface area contributed by atoms with Crippen molar-refractivity contribution in [1.82, 2.24) is 20.2 Å². The Bertz CT molecular complexity index is 930. The van der Waals surface area contributed by atoms with Crippen LogP contribution in [0.1, 0.15) is 10.4 Å². The van der Waals surface area contributed by atoms with E-state index in [1.807, 2.05) is 0 Å². The molecule has 0 saturated carbocycles. The van der Waals surface area contributed by atoms with E-state index in [2.05, 4.69) is 20.3 Å². The van der Waals surface area contributed by atoms with E-state index >= 15 is 0 Å². The summed E-state index contributed by atoms with van der Waals surface area (Å²) in [6.45, 7) is 0. The van der Waals surface area contributed by atoms with Crippen molar-refractivity contribution in [3.05, 3.63) is 59.1 Å². The van der Waals surface area contributed by atoms with Crippen molar-refractivity contribution < 1.29 is 22.7 Å². The van der Waals surface area contributed by atoms with E-state index in [1.165, 1.54) is 16.8 Å². The van der Waals surface area contributed by atoms with Gasteiger partial charge in [-0.1, -0.05) is 23.4 Å². The van der Waals surface area contributed by atoms with Gasteiger partial charge in [0, 0.05) is 10.6 Å². The van der Waals surface area contributed by atoms with Gasteiger partial charge in [0.15, 0.2) is 5.78 Å². The highest BCUT2D eigenvalue weighted by atomic mass is 35.5. The summed E-state index contributed by atoms with van der Waals surface area (Å²) in [5.41, 5.74) is 0.926. The molecule has 27 heavy (non-hydrogen) atoms. The molecule has 0 aliphatic rings. The molecule has 0 saturated heterocycles. The molecule has 11 heteroatoms. The summed E-state index contributed by atoms with van der Waals surface area (Å²) in [7, 11) is 0. The molecule has 1 aromatic heterocycles. The summed E-state index contributed by atoms with van der Waals surface area (Å²) in [4.78, 5) is 12.2. The fraction of sp³-hybridized carbons (Fsp3) is 0.125. The van der Waals surface area contributed by atoms with Gasteiger partial charge in [0.2, 0.25) is 5.16 Å². The standard InChI is InChI=1S/C16H10ClF3N4O2S/c17-11-3-1-10(2-4-11)14(25)9-27-15-21-22-23-24(15)12-5-7-13(8-6-12)26-16(18,19)20/h1-8H,9H2. The maximum absolute atomic E-state index is 12.2. The smallest absolute Gasteiger partial charge is 0.406 e. The number of hydrogen-bond donors (Lipinski definition) is 0. The van der Waals surface area contributed by atoms with Crippen molar-refractivity contribution in [2.24, 2.45) is 0 Å². The highest BCUT2D eigenvalue weighted by molar-refractivity contribution is 7.99. The number of Topliss-reactive ketones (excluding diaryl/α,β-unsaturated/α-hetero) is 1. The Kier molecular flexibility index (Phi) is 5.66. The van der Waals surface area contributed by atoms with Crippen molar-refractivity contribution in [2.75, 3.05) is 5.75 Å². The molecule has 6 nitrogen and oxygen atoms in total. The molecule has 0 bridgehead atoms. The number of rotatable bonds is 6. The van der Waals surface area contributed by atoms with Crippen LogP contribution in [0, 0.1) is 0 Å². The maximum Gasteiger partial charge on any atom is 0.573 e. The number of benzene rings is 2. The molecule has 0 fully saturated rings. The van der Waals surface area contributed by atoms with Crippen LogP contribution in [0.5, 0.6) is 5.75 Å². The zero-order valence-electron chi connectivity index (χ0n) is 13.4. The number of carbonyl (C=O) groups is 1. The Balaban J connectivity index is 1.68. The molecule has 140 valence electrons. The second-order valence-corrected chi connectivity index (χ2v) is 6.51. The number of alkyl halides is 3. The number of ketones is 1. The summed E-state index contributed by atoms with van der Waals surface area (Å²) in [6, 6.07) is 11.5. The van der Waals surface area contributed by atoms with Gasteiger partial charge in [-0.05, 0) is 59.0 Å². The van der Waals surface area contributed by atoms with Gasteiger partial charge < -0.3 is 4.74 Å². The summed E-state index contributed by atoms with van der Waals surface area (Å²) in [5.74, 6) is -0.413. The zero-order valence-corrected chi connectivity index (χ0v) is 14.9. The van der Waals surface area contributed by atoms with Crippen molar-refractivity contribution in [2.45, 2.75) is 11.5 Å². The predicted octanol–water partition coefficient (Wildman–Crippen LogP) is 4.19. The summed E-state index contributed by atoms with van der Waals surface area (Å²) in [6.07, 6.45) is -4.76. The van der Waals surface area contributed by atoms with Gasteiger partial charge in [-0.25, -0.2) is 0 Å². The number of thioether (sulfide) groups is 1. The lowest BCUT2D eigenvalue weighted by Gasteiger charge is -2.09. The van der Waals surface area contributed by atoms with Gasteiger partial charge in [0.25, 0.3) is 0 Å². The number of tetrazole rings is 1. The third-order valence-corrected chi connectivity index (χ3v) is 4.43. The molecule has 0 radical (unpaired) electrons. The van der Waals surface area contributed by atoms with E-state index in [0.29, 0.717) is 21.4 Å². The van der Waals surface area contributed by atoms with Crippen LogP contribution in [-0.2, 0) is 0 Å². The van der Waals surface area contributed by atoms with E-state index in [9.17, 15) is 18.0 Å². The first-order chi connectivity index (χ1) is 12.8. The van der Waals surface area contributed by atoms with E-state index < -0.39 is 6.36 Å². The van der Waals surface area contributed by atoms with Gasteiger partial charge in [0.05, 0.1) is 11.4 Å². The van der Waals surface area contributed by atoms with Crippen LogP contribution in [-0.4, -0.2) is 38.1 Å². The van der Waals surface area contributed by atoms with E-state index in [1.54, 1.807) is 24.3 Å². The monoisotopic (exact) mass is 414 g/mol. The van der Waals surface area contributed by atoms with Crippen LogP contribution in [0.15, 0.2) is 53.7 Å². The molecule has 0 N–H and O–H groups in total. The van der Waals surface area contributed by atoms with Gasteiger partial charge >= 0.3 is 6.36 Å². The summed E-state index contributed by atoms with van der Waals surface area (Å²) < 4.78 is 41.8. The molecule has 3 rings (SSSR count). The predicted molar refractivity (Wildman–Crippen MR) is 92.3 cm³/mol. The number of carbonyl (C=O) groups excluding carboxylic acids is 1. The van der Waals surface area contributed by atoms with Crippen molar-refractivity contribution in [1.29, 1.82) is 0 Å². The van der Waals surface area contributed by atoms with Crippen LogP contribution in [0.4, 0.5) is 13.2 Å². The summed E-state index contributed by atoms with van der Waals surface area (Å²) >= 11 is 6.90. The van der Waals surface area contributed by atoms with Crippen LogP contribution in [0.3, 0.4) is 0 Å². The van der Waals surface area contributed by atoms with Crippen LogP contribution >= 0.6 is 23.4 Å². The Hall–Kier alpha value is -2.59. The van der Waals surface area contributed by atoms with Crippen molar-refractivity contribution >= 4 is 29.1 Å². The number of nitrogens with zero attached hydrogens (tertiary/aromatic N) is 4. The molecular weight excluding hydrogens is 405 g/mol. The quantitative estimate of drug-likeness (QED) is 0.445. The van der Waals surface area contributed by atoms with Gasteiger partial charge in [0.1, 0.15) is 5.75 Å². The van der Waals surface area contributed by atoms with Crippen LogP contribution in [0.25, 0.3) is 5.69 Å². The molecule has 3 aromatic rings. The van der Waals surface area contributed by atoms with Gasteiger partial charge in [-0.15, -0.1) is 18.3 Å². The van der Waals surface area contributed by atoms with E-state index in [0.717, 1.165) is 23.9 Å². The average Bonchev–Trinajstić information content (AvgIpc) is 3.08. The van der Waals surface area contributed by atoms with E-state index in [-0.39, 0.29) is 17.3 Å². The lowest BCUT2D eigenvalue weighted by molar-refractivity contribution is -0.274. The lowest BCUT2D eigenvalue weighted by atomic mass is 10.1. The SMILES string of the molecule is O=C(CSc1nnnn1-c1ccc(OC(F)(F)F)cc1)c1ccc(Cl)cc1. The summed E-state index contributed by atoms with van der Waals surface area (Å²) in [5, 5.41) is 12.0. The molecule has 0 aliphatic carbocycles. The normalized spacial score (nSPS) is 11.4. The first-order valence-electron chi connectivity index (χ1n) is 7.38. The zero-order chi connectivity index (χ0) is 19.4. The molecule has 2 aromatic carbocycles. The first-order valence-corrected chi connectivity index (χ1v) is 8.74. The minimum absolute atomic E-state index is 0.0806. The minimum atomic E-state index is -4.76. The molecule has 0 atom stereocenters. The van der Waals surface area contributed by atoms with E-state index in [4.69, 9.17) is 11.6 Å². The maximum atomic E-state index is 12.2. The highest BCUT2D eigenvalue weighted by Gasteiger charge is 2.31. The minimum Gasteiger partial charge on any atom is -0.406 e. The number of halogens is 4. The van der Waals surface area contributed by atoms with Gasteiger partial charge in [-0.3, -0.25) is 4.79 Å². The van der Waals surface area contributed by atoms with Crippen LogP contribution < -0.4 is 4.74 Å². The Morgan fingerprint density at radius 3 is 2.41 bits per heavy atom. The topological polar surface area (TPSA) is 69.9 Å². The Morgan fingerprint density at radius 2 is 1.78 bits per heavy atom. The first kappa shape index (κ1) is 19.2. The second-order valence-electron chi connectivity index (χ2n) is 5.13. The fourth-order valence-electron chi connectivity index (χ4n) is 2.07. The largest absolute Gasteiger partial charge is 0.573 e. The molecular formula is C16H10ClF3N4O2S. The Labute approximate surface area is 160 Å². The third-order valence-electron chi connectivity index (χ3n) is 3.25. The fourth-order valence-corrected chi connectivity index (χ4v) is 2.98. The van der Waals surface area contributed by atoms with Gasteiger partial charge in [-0.2, -0.15) is 4.68 Å². The molecule has 0 unspecified atom stereocenters. The Morgan fingerprint density at radius 1 is 1.11 bits per heavy atom. The average molecular weight is 415 g/mol. The molecule has 0 aliphatic heterocycles. The van der Waals surface area contributed by atoms with Crippen molar-refractivity contribution in [3.8, 4) is 11.4 Å². The second kappa shape index (κ2) is 7.97. The van der Waals surface area contributed by atoms with Crippen LogP contribution in [0.2, 0.25) is 5.02 Å². The lowest BCUT2D eigenvalue weighted by Crippen LogP contribution is -2.17.